The Morgan fingerprint density at radius 3 is 2.60 bits per heavy atom. The number of aromatic nitrogens is 3. The number of nitrogens with zero attached hydrogens (tertiary/aromatic N) is 4. The highest BCUT2D eigenvalue weighted by Crippen LogP contribution is 2.26. The molecule has 1 aliphatic heterocycles. The van der Waals surface area contributed by atoms with Crippen LogP contribution in [0, 0.1) is 0 Å². The van der Waals surface area contributed by atoms with E-state index in [-0.39, 0.29) is 12.2 Å². The van der Waals surface area contributed by atoms with Crippen LogP contribution in [0.15, 0.2) is 54.9 Å². The van der Waals surface area contributed by atoms with Gasteiger partial charge in [-0.2, -0.15) is 5.10 Å². The Labute approximate surface area is 174 Å². The minimum atomic E-state index is -0.847. The molecule has 156 valence electrons. The summed E-state index contributed by atoms with van der Waals surface area (Å²) in [7, 11) is 0. The van der Waals surface area contributed by atoms with Crippen molar-refractivity contribution in [1.82, 2.24) is 15.2 Å². The minimum Gasteiger partial charge on any atom is -0.463 e. The molecule has 0 bridgehead atoms. The van der Waals surface area contributed by atoms with Crippen LogP contribution in [-0.4, -0.2) is 47.3 Å². The Kier molecular flexibility index (Phi) is 6.04. The molecule has 2 atom stereocenters. The average molecular weight is 409 g/mol. The number of pyridine rings is 1. The number of rotatable bonds is 6. The van der Waals surface area contributed by atoms with Crippen molar-refractivity contribution in [3.8, 4) is 16.9 Å². The summed E-state index contributed by atoms with van der Waals surface area (Å²) in [4.78, 5) is 6.75. The van der Waals surface area contributed by atoms with Gasteiger partial charge in [-0.15, -0.1) is 5.10 Å². The summed E-state index contributed by atoms with van der Waals surface area (Å²) in [5.41, 5.74) is 2.71. The third-order valence-electron chi connectivity index (χ3n) is 4.82. The lowest BCUT2D eigenvalue weighted by Crippen LogP contribution is -2.45. The fourth-order valence-electron chi connectivity index (χ4n) is 3.57. The van der Waals surface area contributed by atoms with Crippen molar-refractivity contribution in [2.45, 2.75) is 26.1 Å². The molecule has 3 aromatic rings. The molecule has 2 aromatic heterocycles. The van der Waals surface area contributed by atoms with Crippen molar-refractivity contribution in [3.05, 3.63) is 54.9 Å². The summed E-state index contributed by atoms with van der Waals surface area (Å²) >= 11 is 0. The van der Waals surface area contributed by atoms with E-state index in [4.69, 9.17) is 9.47 Å². The zero-order chi connectivity index (χ0) is 20.9. The lowest BCUT2D eigenvalue weighted by atomic mass is 10.1. The molecule has 1 fully saturated rings. The first kappa shape index (κ1) is 20.0. The minimum absolute atomic E-state index is 0.163. The fraction of sp³-hybridized carbons (Fsp3) is 0.318. The van der Waals surface area contributed by atoms with Gasteiger partial charge in [-0.25, -0.2) is 9.37 Å². The Bertz CT molecular complexity index is 975. The van der Waals surface area contributed by atoms with Crippen LogP contribution < -0.4 is 15.0 Å². The molecule has 1 aromatic carbocycles. The fourth-order valence-corrected chi connectivity index (χ4v) is 3.57. The van der Waals surface area contributed by atoms with Crippen molar-refractivity contribution in [3.63, 3.8) is 0 Å². The number of hydrogen-bond donors (Lipinski definition) is 1. The number of anilines is 3. The summed E-state index contributed by atoms with van der Waals surface area (Å²) in [6.45, 7) is 4.90. The normalized spacial score (nSPS) is 18.8. The maximum atomic E-state index is 12.3. The second-order valence-electron chi connectivity index (χ2n) is 7.30. The molecule has 1 N–H and O–H groups in total. The number of alkyl halides is 1. The molecule has 30 heavy (non-hydrogen) atoms. The van der Waals surface area contributed by atoms with Crippen LogP contribution in [-0.2, 0) is 4.74 Å². The highest BCUT2D eigenvalue weighted by molar-refractivity contribution is 5.68. The summed E-state index contributed by atoms with van der Waals surface area (Å²) in [6.07, 6.45) is 3.79. The maximum absolute atomic E-state index is 12.3. The molecule has 0 aliphatic carbocycles. The largest absolute Gasteiger partial charge is 0.463 e. The van der Waals surface area contributed by atoms with Gasteiger partial charge in [-0.1, -0.05) is 12.1 Å². The van der Waals surface area contributed by atoms with Crippen LogP contribution in [0.25, 0.3) is 11.1 Å². The lowest BCUT2D eigenvalue weighted by molar-refractivity contribution is -0.00545. The molecule has 4 rings (SSSR count). The van der Waals surface area contributed by atoms with Gasteiger partial charge in [0, 0.05) is 36.6 Å². The number of morpholine rings is 1. The Balaban J connectivity index is 1.50. The topological polar surface area (TPSA) is 72.4 Å². The second-order valence-corrected chi connectivity index (χ2v) is 7.30. The number of benzene rings is 1. The van der Waals surface area contributed by atoms with Crippen molar-refractivity contribution in [2.75, 3.05) is 30.2 Å². The monoisotopic (exact) mass is 409 g/mol. The predicted molar refractivity (Wildman–Crippen MR) is 114 cm³/mol. The lowest BCUT2D eigenvalue weighted by Gasteiger charge is -2.36. The van der Waals surface area contributed by atoms with E-state index in [1.54, 1.807) is 24.5 Å². The van der Waals surface area contributed by atoms with Gasteiger partial charge >= 0.3 is 0 Å². The van der Waals surface area contributed by atoms with E-state index in [0.717, 1.165) is 35.7 Å². The van der Waals surface area contributed by atoms with Gasteiger partial charge in [0.1, 0.15) is 11.6 Å². The zero-order valence-corrected chi connectivity index (χ0v) is 17.0. The molecule has 3 heterocycles. The predicted octanol–water partition coefficient (Wildman–Crippen LogP) is 4.20. The average Bonchev–Trinajstić information content (AvgIpc) is 2.74. The molecule has 0 radical (unpaired) electrons. The third kappa shape index (κ3) is 4.83. The molecule has 0 amide bonds. The third-order valence-corrected chi connectivity index (χ3v) is 4.82. The molecular formula is C22H24FN5O2. The van der Waals surface area contributed by atoms with Gasteiger partial charge in [0.2, 0.25) is 6.86 Å². The van der Waals surface area contributed by atoms with E-state index >= 15 is 0 Å². The van der Waals surface area contributed by atoms with Crippen LogP contribution in [0.4, 0.5) is 21.7 Å². The highest BCUT2D eigenvalue weighted by atomic mass is 19.1. The number of ether oxygens (including phenoxy) is 2. The zero-order valence-electron chi connectivity index (χ0n) is 17.0. The maximum Gasteiger partial charge on any atom is 0.228 e. The smallest absolute Gasteiger partial charge is 0.228 e. The molecule has 0 unspecified atom stereocenters. The van der Waals surface area contributed by atoms with E-state index in [9.17, 15) is 4.39 Å². The van der Waals surface area contributed by atoms with E-state index in [0.29, 0.717) is 11.6 Å². The molecule has 8 heteroatoms. The first-order valence-corrected chi connectivity index (χ1v) is 9.86. The van der Waals surface area contributed by atoms with Crippen LogP contribution in [0.2, 0.25) is 0 Å². The van der Waals surface area contributed by atoms with Crippen LogP contribution >= 0.6 is 0 Å². The standard InChI is InChI=1S/C22H24FN5O2/c1-15-12-28(13-16(2)30-15)22-10-19(7-8-24-22)26-21-9-18(11-25-27-21)17-3-5-20(6-4-17)29-14-23/h3-11,15-16H,12-14H2,1-2H3,(H,24,26,27)/t15-,16+. The number of halogens is 1. The van der Waals surface area contributed by atoms with E-state index in [1.807, 2.05) is 30.3 Å². The summed E-state index contributed by atoms with van der Waals surface area (Å²) in [5, 5.41) is 11.6. The quantitative estimate of drug-likeness (QED) is 0.654. The van der Waals surface area contributed by atoms with Crippen LogP contribution in [0.3, 0.4) is 0 Å². The highest BCUT2D eigenvalue weighted by Gasteiger charge is 2.23. The van der Waals surface area contributed by atoms with Crippen molar-refractivity contribution in [2.24, 2.45) is 0 Å². The van der Waals surface area contributed by atoms with Crippen LogP contribution in [0.5, 0.6) is 5.75 Å². The van der Waals surface area contributed by atoms with Gasteiger partial charge in [-0.05, 0) is 43.7 Å². The first-order chi connectivity index (χ1) is 14.6. The first-order valence-electron chi connectivity index (χ1n) is 9.86. The summed E-state index contributed by atoms with van der Waals surface area (Å²) in [6, 6.07) is 13.0. The van der Waals surface area contributed by atoms with Gasteiger partial charge in [-0.3, -0.25) is 0 Å². The number of nitrogens with one attached hydrogen (secondary N) is 1. The van der Waals surface area contributed by atoms with Crippen LogP contribution in [0.1, 0.15) is 13.8 Å². The van der Waals surface area contributed by atoms with E-state index in [2.05, 4.69) is 39.2 Å². The molecule has 0 spiro atoms. The van der Waals surface area contributed by atoms with Gasteiger partial charge in [0.25, 0.3) is 0 Å². The molecule has 0 saturated carbocycles. The van der Waals surface area contributed by atoms with Crippen molar-refractivity contribution >= 4 is 17.3 Å². The van der Waals surface area contributed by atoms with Gasteiger partial charge < -0.3 is 19.7 Å². The number of hydrogen-bond acceptors (Lipinski definition) is 7. The Hall–Kier alpha value is -3.26. The summed E-state index contributed by atoms with van der Waals surface area (Å²) < 4.78 is 22.9. The van der Waals surface area contributed by atoms with Crippen molar-refractivity contribution < 1.29 is 13.9 Å². The second kappa shape index (κ2) is 9.04. The SMILES string of the molecule is C[C@@H]1CN(c2cc(Nc3cc(-c4ccc(OCF)cc4)cnn3)ccn2)C[C@H](C)O1. The molecule has 1 aliphatic rings. The Morgan fingerprint density at radius 1 is 1.10 bits per heavy atom. The van der Waals surface area contributed by atoms with Gasteiger partial charge in [0.05, 0.1) is 18.4 Å². The van der Waals surface area contributed by atoms with E-state index < -0.39 is 6.86 Å². The van der Waals surface area contributed by atoms with Crippen molar-refractivity contribution in [1.29, 1.82) is 0 Å². The summed E-state index contributed by atoms with van der Waals surface area (Å²) in [5.74, 6) is 2.00. The van der Waals surface area contributed by atoms with E-state index in [1.165, 1.54) is 0 Å². The molecule has 1 saturated heterocycles. The Morgan fingerprint density at radius 2 is 1.87 bits per heavy atom. The van der Waals surface area contributed by atoms with Gasteiger partial charge in [0.15, 0.2) is 5.82 Å². The molecule has 7 nitrogen and oxygen atoms in total. The molecular weight excluding hydrogens is 385 g/mol.